The monoisotopic (exact) mass is 301 g/mol. The van der Waals surface area contributed by atoms with E-state index >= 15 is 0 Å². The lowest BCUT2D eigenvalue weighted by Gasteiger charge is -2.16. The lowest BCUT2D eigenvalue weighted by atomic mass is 10.1. The van der Waals surface area contributed by atoms with Crippen molar-refractivity contribution in [1.29, 1.82) is 0 Å². The molecule has 2 N–H and O–H groups in total. The number of rotatable bonds is 4. The average molecular weight is 302 g/mol. The standard InChI is InChI=1S/C13H17BrFNO/c1-8(17)6-7-16-12-5-2-9-11(15)4-3-10(14)13(9)12/h3-4,8,12,16-17H,2,5-7H2,1H3. The third-order valence-electron chi connectivity index (χ3n) is 3.23. The van der Waals surface area contributed by atoms with E-state index in [1.807, 2.05) is 0 Å². The van der Waals surface area contributed by atoms with Gasteiger partial charge in [0.25, 0.3) is 0 Å². The van der Waals surface area contributed by atoms with Crippen molar-refractivity contribution in [3.63, 3.8) is 0 Å². The molecule has 0 amide bonds. The first-order chi connectivity index (χ1) is 8.09. The molecule has 0 aliphatic heterocycles. The number of nitrogens with one attached hydrogen (secondary N) is 1. The molecule has 0 fully saturated rings. The summed E-state index contributed by atoms with van der Waals surface area (Å²) in [7, 11) is 0. The minimum atomic E-state index is -0.292. The lowest BCUT2D eigenvalue weighted by molar-refractivity contribution is 0.182. The summed E-state index contributed by atoms with van der Waals surface area (Å²) < 4.78 is 14.6. The molecule has 0 saturated heterocycles. The number of benzene rings is 1. The average Bonchev–Trinajstić information content (AvgIpc) is 2.68. The molecule has 1 aliphatic carbocycles. The smallest absolute Gasteiger partial charge is 0.126 e. The summed E-state index contributed by atoms with van der Waals surface area (Å²) in [5, 5.41) is 12.6. The van der Waals surface area contributed by atoms with Gasteiger partial charge in [0, 0.05) is 10.5 Å². The van der Waals surface area contributed by atoms with E-state index in [4.69, 9.17) is 0 Å². The van der Waals surface area contributed by atoms with E-state index in [1.165, 1.54) is 6.07 Å². The Morgan fingerprint density at radius 3 is 3.06 bits per heavy atom. The van der Waals surface area contributed by atoms with Crippen LogP contribution in [0.3, 0.4) is 0 Å². The van der Waals surface area contributed by atoms with Gasteiger partial charge in [0.05, 0.1) is 6.10 Å². The Hall–Kier alpha value is -0.450. The van der Waals surface area contributed by atoms with Gasteiger partial charge >= 0.3 is 0 Å². The van der Waals surface area contributed by atoms with E-state index < -0.39 is 0 Å². The Morgan fingerprint density at radius 2 is 2.35 bits per heavy atom. The van der Waals surface area contributed by atoms with Gasteiger partial charge in [-0.05, 0) is 56.0 Å². The number of halogens is 2. The molecule has 1 aromatic rings. The first-order valence-corrected chi connectivity index (χ1v) is 6.77. The largest absolute Gasteiger partial charge is 0.393 e. The molecule has 0 aromatic heterocycles. The quantitative estimate of drug-likeness (QED) is 0.896. The Morgan fingerprint density at radius 1 is 1.59 bits per heavy atom. The van der Waals surface area contributed by atoms with Gasteiger partial charge in [0.15, 0.2) is 0 Å². The summed E-state index contributed by atoms with van der Waals surface area (Å²) in [6, 6.07) is 3.48. The maximum absolute atomic E-state index is 13.6. The number of aliphatic hydroxyl groups is 1. The number of aliphatic hydroxyl groups excluding tert-OH is 1. The van der Waals surface area contributed by atoms with Gasteiger partial charge in [-0.2, -0.15) is 0 Å². The fourth-order valence-electron chi connectivity index (χ4n) is 2.34. The van der Waals surface area contributed by atoms with E-state index in [0.29, 0.717) is 0 Å². The fraction of sp³-hybridized carbons (Fsp3) is 0.538. The van der Waals surface area contributed by atoms with Crippen molar-refractivity contribution >= 4 is 15.9 Å². The van der Waals surface area contributed by atoms with Gasteiger partial charge in [-0.3, -0.25) is 0 Å². The van der Waals surface area contributed by atoms with E-state index in [-0.39, 0.29) is 18.0 Å². The molecule has 17 heavy (non-hydrogen) atoms. The van der Waals surface area contributed by atoms with Crippen molar-refractivity contribution in [3.05, 3.63) is 33.5 Å². The SMILES string of the molecule is CC(O)CCNC1CCc2c(F)ccc(Br)c21. The van der Waals surface area contributed by atoms with Gasteiger partial charge in [0.1, 0.15) is 5.82 Å². The minimum Gasteiger partial charge on any atom is -0.393 e. The lowest BCUT2D eigenvalue weighted by Crippen LogP contribution is -2.23. The normalized spacial score (nSPS) is 20.4. The second-order valence-electron chi connectivity index (χ2n) is 4.60. The Bertz CT molecular complexity index is 409. The molecular formula is C13H17BrFNO. The zero-order valence-corrected chi connectivity index (χ0v) is 11.4. The van der Waals surface area contributed by atoms with Crippen LogP contribution < -0.4 is 5.32 Å². The second kappa shape index (κ2) is 5.46. The van der Waals surface area contributed by atoms with Crippen LogP contribution in [0.4, 0.5) is 4.39 Å². The number of fused-ring (bicyclic) bond motifs is 1. The van der Waals surface area contributed by atoms with Crippen molar-refractivity contribution in [2.24, 2.45) is 0 Å². The molecule has 2 nitrogen and oxygen atoms in total. The summed E-state index contributed by atoms with van der Waals surface area (Å²) in [6.45, 7) is 2.53. The van der Waals surface area contributed by atoms with Crippen LogP contribution in [0.1, 0.15) is 36.9 Å². The third-order valence-corrected chi connectivity index (χ3v) is 3.92. The Balaban J connectivity index is 2.08. The van der Waals surface area contributed by atoms with Gasteiger partial charge in [-0.1, -0.05) is 15.9 Å². The molecular weight excluding hydrogens is 285 g/mol. The maximum atomic E-state index is 13.6. The van der Waals surface area contributed by atoms with Crippen LogP contribution in [0.25, 0.3) is 0 Å². The van der Waals surface area contributed by atoms with Crippen molar-refractivity contribution < 1.29 is 9.50 Å². The molecule has 0 saturated carbocycles. The molecule has 1 aliphatic rings. The molecule has 2 rings (SSSR count). The second-order valence-corrected chi connectivity index (χ2v) is 5.46. The zero-order chi connectivity index (χ0) is 12.4. The zero-order valence-electron chi connectivity index (χ0n) is 9.84. The summed E-state index contributed by atoms with van der Waals surface area (Å²) >= 11 is 3.49. The molecule has 4 heteroatoms. The van der Waals surface area contributed by atoms with Crippen LogP contribution in [0.2, 0.25) is 0 Å². The van der Waals surface area contributed by atoms with Crippen LogP contribution in [0.15, 0.2) is 16.6 Å². The van der Waals surface area contributed by atoms with Gasteiger partial charge in [-0.25, -0.2) is 4.39 Å². The molecule has 0 heterocycles. The Labute approximate surface area is 109 Å². The topological polar surface area (TPSA) is 32.3 Å². The number of hydrogen-bond donors (Lipinski definition) is 2. The predicted octanol–water partition coefficient (Wildman–Crippen LogP) is 2.94. The molecule has 0 spiro atoms. The number of hydrogen-bond acceptors (Lipinski definition) is 2. The van der Waals surface area contributed by atoms with E-state index in [0.717, 1.165) is 41.4 Å². The highest BCUT2D eigenvalue weighted by Gasteiger charge is 2.26. The van der Waals surface area contributed by atoms with E-state index in [2.05, 4.69) is 21.2 Å². The van der Waals surface area contributed by atoms with Crippen LogP contribution >= 0.6 is 15.9 Å². The predicted molar refractivity (Wildman–Crippen MR) is 69.5 cm³/mol. The molecule has 0 bridgehead atoms. The van der Waals surface area contributed by atoms with Crippen LogP contribution in [-0.4, -0.2) is 17.8 Å². The van der Waals surface area contributed by atoms with Crippen molar-refractivity contribution in [2.75, 3.05) is 6.54 Å². The molecule has 0 radical (unpaired) electrons. The van der Waals surface area contributed by atoms with Crippen LogP contribution in [0, 0.1) is 5.82 Å². The highest BCUT2D eigenvalue weighted by atomic mass is 79.9. The first kappa shape index (κ1) is 13.0. The van der Waals surface area contributed by atoms with Crippen molar-refractivity contribution in [1.82, 2.24) is 5.32 Å². The summed E-state index contributed by atoms with van der Waals surface area (Å²) in [6.07, 6.45) is 2.14. The molecule has 2 atom stereocenters. The van der Waals surface area contributed by atoms with Crippen molar-refractivity contribution in [3.8, 4) is 0 Å². The van der Waals surface area contributed by atoms with E-state index in [9.17, 15) is 9.50 Å². The maximum Gasteiger partial charge on any atom is 0.126 e. The highest BCUT2D eigenvalue weighted by molar-refractivity contribution is 9.10. The van der Waals surface area contributed by atoms with E-state index in [1.54, 1.807) is 13.0 Å². The minimum absolute atomic E-state index is 0.108. The molecule has 2 unspecified atom stereocenters. The summed E-state index contributed by atoms with van der Waals surface area (Å²) in [5.74, 6) is -0.108. The summed E-state index contributed by atoms with van der Waals surface area (Å²) in [5.41, 5.74) is 1.88. The van der Waals surface area contributed by atoms with Gasteiger partial charge in [0.2, 0.25) is 0 Å². The van der Waals surface area contributed by atoms with Crippen molar-refractivity contribution in [2.45, 2.75) is 38.3 Å². The van der Waals surface area contributed by atoms with Gasteiger partial charge < -0.3 is 10.4 Å². The highest BCUT2D eigenvalue weighted by Crippen LogP contribution is 2.37. The van der Waals surface area contributed by atoms with Crippen LogP contribution in [0.5, 0.6) is 0 Å². The molecule has 94 valence electrons. The Kier molecular flexibility index (Phi) is 4.17. The third kappa shape index (κ3) is 2.87. The summed E-state index contributed by atoms with van der Waals surface area (Å²) in [4.78, 5) is 0. The molecule has 1 aromatic carbocycles. The van der Waals surface area contributed by atoms with Crippen LogP contribution in [-0.2, 0) is 6.42 Å². The fourth-order valence-corrected chi connectivity index (χ4v) is 2.99. The van der Waals surface area contributed by atoms with Gasteiger partial charge in [-0.15, -0.1) is 0 Å². The first-order valence-electron chi connectivity index (χ1n) is 5.98.